The van der Waals surface area contributed by atoms with Gasteiger partial charge in [0, 0.05) is 31.7 Å². The summed E-state index contributed by atoms with van der Waals surface area (Å²) >= 11 is 0. The number of piperazine rings is 1. The van der Waals surface area contributed by atoms with E-state index in [-0.39, 0.29) is 17.2 Å². The van der Waals surface area contributed by atoms with Gasteiger partial charge in [-0.1, -0.05) is 6.07 Å². The highest BCUT2D eigenvalue weighted by molar-refractivity contribution is 5.97. The Labute approximate surface area is 163 Å². The van der Waals surface area contributed by atoms with Gasteiger partial charge in [-0.2, -0.15) is 0 Å². The van der Waals surface area contributed by atoms with Crippen LogP contribution in [0.25, 0.3) is 0 Å². The van der Waals surface area contributed by atoms with Crippen LogP contribution < -0.4 is 20.1 Å². The molecule has 0 saturated carbocycles. The van der Waals surface area contributed by atoms with E-state index in [2.05, 4.69) is 0 Å². The first-order chi connectivity index (χ1) is 13.5. The number of carboxylic acid groups (broad SMARTS) is 1. The predicted octanol–water partition coefficient (Wildman–Crippen LogP) is 1.95. The van der Waals surface area contributed by atoms with E-state index < -0.39 is 5.97 Å². The zero-order valence-electron chi connectivity index (χ0n) is 15.8. The molecule has 0 atom stereocenters. The Morgan fingerprint density at radius 3 is 2.29 bits per heavy atom. The Kier molecular flexibility index (Phi) is 5.58. The molecule has 1 heterocycles. The van der Waals surface area contributed by atoms with E-state index in [0.29, 0.717) is 48.9 Å². The molecule has 3 rings (SSSR count). The van der Waals surface area contributed by atoms with E-state index in [1.807, 2.05) is 4.90 Å². The Hall–Kier alpha value is -3.42. The van der Waals surface area contributed by atoms with Crippen LogP contribution in [0, 0.1) is 0 Å². The number of nitrogens with two attached hydrogens (primary N) is 1. The second-order valence-electron chi connectivity index (χ2n) is 6.39. The van der Waals surface area contributed by atoms with Crippen LogP contribution in [0.1, 0.15) is 20.7 Å². The number of nitrogens with zero attached hydrogens (tertiary/aromatic N) is 2. The van der Waals surface area contributed by atoms with Gasteiger partial charge in [0.15, 0.2) is 11.5 Å². The molecular formula is C20H23N3O5. The van der Waals surface area contributed by atoms with Crippen LogP contribution in [-0.4, -0.2) is 62.3 Å². The molecule has 8 nitrogen and oxygen atoms in total. The second kappa shape index (κ2) is 8.08. The van der Waals surface area contributed by atoms with Gasteiger partial charge in [-0.05, 0) is 30.3 Å². The van der Waals surface area contributed by atoms with Crippen molar-refractivity contribution in [1.29, 1.82) is 0 Å². The standard InChI is InChI=1S/C20H23N3O5/c1-27-16-7-6-13(12-17(16)28-2)19(24)23-10-8-22(9-11-23)15-5-3-4-14(18(15)21)20(25)26/h3-7,12H,8-11,21H2,1-2H3,(H,25,26). The van der Waals surface area contributed by atoms with Gasteiger partial charge in [0.1, 0.15) is 0 Å². The van der Waals surface area contributed by atoms with Crippen LogP contribution in [0.3, 0.4) is 0 Å². The summed E-state index contributed by atoms with van der Waals surface area (Å²) in [5.74, 6) is -0.0719. The molecule has 8 heteroatoms. The van der Waals surface area contributed by atoms with Crippen molar-refractivity contribution >= 4 is 23.3 Å². The number of para-hydroxylation sites is 1. The van der Waals surface area contributed by atoms with Gasteiger partial charge in [-0.3, -0.25) is 4.79 Å². The molecule has 148 valence electrons. The van der Waals surface area contributed by atoms with Gasteiger partial charge in [0.05, 0.1) is 31.2 Å². The van der Waals surface area contributed by atoms with Gasteiger partial charge >= 0.3 is 5.97 Å². The summed E-state index contributed by atoms with van der Waals surface area (Å²) in [4.78, 5) is 27.9. The quantitative estimate of drug-likeness (QED) is 0.758. The van der Waals surface area contributed by atoms with Crippen molar-refractivity contribution in [2.75, 3.05) is 51.0 Å². The normalized spacial score (nSPS) is 13.9. The molecule has 1 aliphatic rings. The zero-order valence-corrected chi connectivity index (χ0v) is 15.8. The van der Waals surface area contributed by atoms with Crippen LogP contribution in [-0.2, 0) is 0 Å². The smallest absolute Gasteiger partial charge is 0.337 e. The summed E-state index contributed by atoms with van der Waals surface area (Å²) in [6, 6.07) is 10.1. The van der Waals surface area contributed by atoms with Crippen LogP contribution in [0.15, 0.2) is 36.4 Å². The first-order valence-electron chi connectivity index (χ1n) is 8.84. The third-order valence-electron chi connectivity index (χ3n) is 4.85. The number of rotatable bonds is 5. The minimum atomic E-state index is -1.05. The molecule has 28 heavy (non-hydrogen) atoms. The predicted molar refractivity (Wildman–Crippen MR) is 105 cm³/mol. The van der Waals surface area contributed by atoms with E-state index in [1.165, 1.54) is 13.2 Å². The van der Waals surface area contributed by atoms with E-state index >= 15 is 0 Å². The number of carbonyl (C=O) groups excluding carboxylic acids is 1. The van der Waals surface area contributed by atoms with Crippen molar-refractivity contribution in [1.82, 2.24) is 4.90 Å². The summed E-state index contributed by atoms with van der Waals surface area (Å²) in [5, 5.41) is 9.24. The average molecular weight is 385 g/mol. The molecule has 0 spiro atoms. The number of hydrogen-bond donors (Lipinski definition) is 2. The molecule has 2 aromatic carbocycles. The lowest BCUT2D eigenvalue weighted by atomic mass is 10.1. The highest BCUT2D eigenvalue weighted by atomic mass is 16.5. The minimum Gasteiger partial charge on any atom is -0.493 e. The molecular weight excluding hydrogens is 362 g/mol. The third kappa shape index (κ3) is 3.66. The van der Waals surface area contributed by atoms with Crippen LogP contribution in [0.4, 0.5) is 11.4 Å². The van der Waals surface area contributed by atoms with Gasteiger partial charge in [0.2, 0.25) is 0 Å². The minimum absolute atomic E-state index is 0.0846. The maximum absolute atomic E-state index is 12.8. The lowest BCUT2D eigenvalue weighted by Gasteiger charge is -2.36. The Balaban J connectivity index is 1.71. The number of benzene rings is 2. The van der Waals surface area contributed by atoms with Crippen molar-refractivity contribution in [3.05, 3.63) is 47.5 Å². The Morgan fingerprint density at radius 1 is 1.00 bits per heavy atom. The van der Waals surface area contributed by atoms with Gasteiger partial charge in [0.25, 0.3) is 5.91 Å². The van der Waals surface area contributed by atoms with Crippen molar-refractivity contribution in [3.8, 4) is 11.5 Å². The van der Waals surface area contributed by atoms with E-state index in [1.54, 1.807) is 42.3 Å². The summed E-state index contributed by atoms with van der Waals surface area (Å²) in [5.41, 5.74) is 7.57. The first-order valence-corrected chi connectivity index (χ1v) is 8.84. The lowest BCUT2D eigenvalue weighted by Crippen LogP contribution is -2.49. The maximum Gasteiger partial charge on any atom is 0.337 e. The molecule has 0 aliphatic carbocycles. The summed E-state index contributed by atoms with van der Waals surface area (Å²) in [6.45, 7) is 2.13. The number of hydrogen-bond acceptors (Lipinski definition) is 6. The van der Waals surface area contributed by atoms with Crippen LogP contribution in [0.2, 0.25) is 0 Å². The van der Waals surface area contributed by atoms with Crippen molar-refractivity contribution in [2.45, 2.75) is 0 Å². The second-order valence-corrected chi connectivity index (χ2v) is 6.39. The van der Waals surface area contributed by atoms with Crippen LogP contribution >= 0.6 is 0 Å². The molecule has 2 aromatic rings. The number of carboxylic acids is 1. The van der Waals surface area contributed by atoms with Crippen molar-refractivity contribution < 1.29 is 24.2 Å². The van der Waals surface area contributed by atoms with Crippen LogP contribution in [0.5, 0.6) is 11.5 Å². The van der Waals surface area contributed by atoms with Gasteiger partial charge < -0.3 is 30.1 Å². The fourth-order valence-corrected chi connectivity index (χ4v) is 3.32. The van der Waals surface area contributed by atoms with E-state index in [0.717, 1.165) is 0 Å². The van der Waals surface area contributed by atoms with Crippen molar-refractivity contribution in [2.24, 2.45) is 0 Å². The third-order valence-corrected chi connectivity index (χ3v) is 4.85. The maximum atomic E-state index is 12.8. The summed E-state index contributed by atoms with van der Waals surface area (Å²) in [7, 11) is 3.07. The number of aromatic carboxylic acids is 1. The average Bonchev–Trinajstić information content (AvgIpc) is 2.72. The molecule has 0 bridgehead atoms. The molecule has 1 saturated heterocycles. The molecule has 0 radical (unpaired) electrons. The number of ether oxygens (including phenoxy) is 2. The SMILES string of the molecule is COc1ccc(C(=O)N2CCN(c3cccc(C(=O)O)c3N)CC2)cc1OC. The number of methoxy groups -OCH3 is 2. The Morgan fingerprint density at radius 2 is 1.68 bits per heavy atom. The zero-order chi connectivity index (χ0) is 20.3. The van der Waals surface area contributed by atoms with Gasteiger partial charge in [-0.25, -0.2) is 4.79 Å². The molecule has 1 fully saturated rings. The molecule has 3 N–H and O–H groups in total. The molecule has 0 unspecified atom stereocenters. The fraction of sp³-hybridized carbons (Fsp3) is 0.300. The number of anilines is 2. The largest absolute Gasteiger partial charge is 0.493 e. The van der Waals surface area contributed by atoms with Crippen molar-refractivity contribution in [3.63, 3.8) is 0 Å². The molecule has 1 aliphatic heterocycles. The van der Waals surface area contributed by atoms with E-state index in [9.17, 15) is 14.7 Å². The summed E-state index contributed by atoms with van der Waals surface area (Å²) in [6.07, 6.45) is 0. The fourth-order valence-electron chi connectivity index (χ4n) is 3.32. The van der Waals surface area contributed by atoms with Gasteiger partial charge in [-0.15, -0.1) is 0 Å². The highest BCUT2D eigenvalue weighted by Gasteiger charge is 2.25. The molecule has 1 amide bonds. The lowest BCUT2D eigenvalue weighted by molar-refractivity contribution is 0.0697. The number of nitrogen functional groups attached to an aromatic ring is 1. The monoisotopic (exact) mass is 385 g/mol. The number of amides is 1. The Bertz CT molecular complexity index is 891. The topological polar surface area (TPSA) is 105 Å². The first kappa shape index (κ1) is 19.3. The highest BCUT2D eigenvalue weighted by Crippen LogP contribution is 2.30. The molecule has 0 aromatic heterocycles. The van der Waals surface area contributed by atoms with E-state index in [4.69, 9.17) is 15.2 Å². The summed E-state index contributed by atoms with van der Waals surface area (Å²) < 4.78 is 10.5. The number of carbonyl (C=O) groups is 2.